The van der Waals surface area contributed by atoms with Crippen LogP contribution in [0.1, 0.15) is 15.9 Å². The van der Waals surface area contributed by atoms with E-state index in [0.29, 0.717) is 26.8 Å². The van der Waals surface area contributed by atoms with Crippen LogP contribution in [-0.4, -0.2) is 11.0 Å². The quantitative estimate of drug-likeness (QED) is 0.311. The second-order valence-electron chi connectivity index (χ2n) is 6.91. The number of azo groups is 1. The molecule has 0 aliphatic heterocycles. The molecular weight excluding hydrogens is 433 g/mol. The van der Waals surface area contributed by atoms with E-state index in [1.54, 1.807) is 36.4 Å². The van der Waals surface area contributed by atoms with Crippen LogP contribution in [0.3, 0.4) is 0 Å². The summed E-state index contributed by atoms with van der Waals surface area (Å²) >= 11 is 12.2. The molecule has 154 valence electrons. The van der Waals surface area contributed by atoms with E-state index in [9.17, 15) is 9.90 Å². The first-order valence-electron chi connectivity index (χ1n) is 9.42. The van der Waals surface area contributed by atoms with Crippen molar-refractivity contribution < 1.29 is 9.90 Å². The molecule has 0 heterocycles. The summed E-state index contributed by atoms with van der Waals surface area (Å²) in [6.07, 6.45) is 0. The molecule has 31 heavy (non-hydrogen) atoms. The lowest BCUT2D eigenvalue weighted by Gasteiger charge is -2.12. The van der Waals surface area contributed by atoms with Crippen molar-refractivity contribution in [1.29, 1.82) is 0 Å². The molecule has 4 aromatic rings. The van der Waals surface area contributed by atoms with E-state index in [2.05, 4.69) is 15.5 Å². The zero-order valence-electron chi connectivity index (χ0n) is 16.4. The summed E-state index contributed by atoms with van der Waals surface area (Å²) in [5.74, 6) is -0.721. The lowest BCUT2D eigenvalue weighted by molar-refractivity contribution is 0.102. The van der Waals surface area contributed by atoms with Crippen LogP contribution in [0.25, 0.3) is 10.8 Å². The SMILES string of the molecule is Cc1ccccc1NC(=O)c1cc2ccccc2c(N=Nc2cc(Cl)ccc2Cl)c1O. The smallest absolute Gasteiger partial charge is 0.259 e. The average molecular weight is 450 g/mol. The number of hydrogen-bond donors (Lipinski definition) is 2. The van der Waals surface area contributed by atoms with Gasteiger partial charge in [-0.2, -0.15) is 0 Å². The second kappa shape index (κ2) is 8.76. The summed E-state index contributed by atoms with van der Waals surface area (Å²) in [4.78, 5) is 13.0. The standard InChI is InChI=1S/C24H17Cl2N3O2/c1-14-6-2-5-9-20(14)27-24(31)18-12-15-7-3-4-8-17(15)22(23(18)30)29-28-21-13-16(25)10-11-19(21)26/h2-13,30H,1H3,(H,27,31). The van der Waals surface area contributed by atoms with Gasteiger partial charge in [0.2, 0.25) is 0 Å². The number of aryl methyl sites for hydroxylation is 1. The number of phenolic OH excluding ortho intramolecular Hbond substituents is 1. The number of benzene rings is 4. The minimum Gasteiger partial charge on any atom is -0.505 e. The van der Waals surface area contributed by atoms with Gasteiger partial charge >= 0.3 is 0 Å². The van der Waals surface area contributed by atoms with Crippen LogP contribution in [0.5, 0.6) is 5.75 Å². The van der Waals surface area contributed by atoms with Gasteiger partial charge in [-0.15, -0.1) is 10.2 Å². The first kappa shape index (κ1) is 20.8. The minimum absolute atomic E-state index is 0.0908. The Labute approximate surface area is 189 Å². The molecule has 0 saturated carbocycles. The molecule has 0 bridgehead atoms. The zero-order chi connectivity index (χ0) is 22.0. The third kappa shape index (κ3) is 4.38. The molecule has 0 aromatic heterocycles. The molecular formula is C24H17Cl2N3O2. The van der Waals surface area contributed by atoms with Crippen LogP contribution >= 0.6 is 23.2 Å². The molecule has 0 aliphatic carbocycles. The molecule has 1 amide bonds. The van der Waals surface area contributed by atoms with Gasteiger partial charge in [0, 0.05) is 16.1 Å². The summed E-state index contributed by atoms with van der Waals surface area (Å²) in [6.45, 7) is 1.89. The van der Waals surface area contributed by atoms with Crippen molar-refractivity contribution in [2.75, 3.05) is 5.32 Å². The van der Waals surface area contributed by atoms with Crippen molar-refractivity contribution >= 4 is 56.9 Å². The fourth-order valence-corrected chi connectivity index (χ4v) is 3.48. The fraction of sp³-hybridized carbons (Fsp3) is 0.0417. The third-order valence-electron chi connectivity index (χ3n) is 4.80. The number of rotatable bonds is 4. The molecule has 5 nitrogen and oxygen atoms in total. The maximum Gasteiger partial charge on any atom is 0.259 e. The Hall–Kier alpha value is -3.41. The van der Waals surface area contributed by atoms with Gasteiger partial charge < -0.3 is 10.4 Å². The van der Waals surface area contributed by atoms with Gasteiger partial charge in [-0.3, -0.25) is 4.79 Å². The fourth-order valence-electron chi connectivity index (χ4n) is 3.16. The highest BCUT2D eigenvalue weighted by Crippen LogP contribution is 2.40. The van der Waals surface area contributed by atoms with Crippen molar-refractivity contribution in [3.05, 3.63) is 94.0 Å². The molecule has 7 heteroatoms. The molecule has 4 aromatic carbocycles. The summed E-state index contributed by atoms with van der Waals surface area (Å²) in [5.41, 5.74) is 2.19. The van der Waals surface area contributed by atoms with Crippen LogP contribution in [0.4, 0.5) is 17.1 Å². The number of nitrogens with one attached hydrogen (secondary N) is 1. The highest BCUT2D eigenvalue weighted by molar-refractivity contribution is 6.35. The Morgan fingerprint density at radius 2 is 1.68 bits per heavy atom. The average Bonchev–Trinajstić information content (AvgIpc) is 2.76. The second-order valence-corrected chi connectivity index (χ2v) is 7.75. The van der Waals surface area contributed by atoms with Crippen LogP contribution < -0.4 is 5.32 Å². The van der Waals surface area contributed by atoms with Crippen molar-refractivity contribution in [3.63, 3.8) is 0 Å². The van der Waals surface area contributed by atoms with E-state index < -0.39 is 5.91 Å². The number of amides is 1. The summed E-state index contributed by atoms with van der Waals surface area (Å²) < 4.78 is 0. The van der Waals surface area contributed by atoms with Crippen molar-refractivity contribution in [2.24, 2.45) is 10.2 Å². The van der Waals surface area contributed by atoms with Crippen LogP contribution in [0.2, 0.25) is 10.0 Å². The van der Waals surface area contributed by atoms with E-state index >= 15 is 0 Å². The topological polar surface area (TPSA) is 74.0 Å². The third-order valence-corrected chi connectivity index (χ3v) is 5.35. The van der Waals surface area contributed by atoms with Crippen LogP contribution in [-0.2, 0) is 0 Å². The van der Waals surface area contributed by atoms with E-state index in [1.165, 1.54) is 0 Å². The number of halogens is 2. The highest BCUT2D eigenvalue weighted by Gasteiger charge is 2.19. The number of anilines is 1. The first-order valence-corrected chi connectivity index (χ1v) is 10.2. The molecule has 0 unspecified atom stereocenters. The number of nitrogens with zero attached hydrogens (tertiary/aromatic N) is 2. The maximum atomic E-state index is 13.0. The molecule has 0 fully saturated rings. The Balaban J connectivity index is 1.81. The molecule has 4 rings (SSSR count). The predicted octanol–water partition coefficient (Wildman–Crippen LogP) is 7.83. The van der Waals surface area contributed by atoms with Crippen LogP contribution in [0, 0.1) is 6.92 Å². The van der Waals surface area contributed by atoms with E-state index in [1.807, 2.05) is 43.3 Å². The first-order chi connectivity index (χ1) is 14.9. The van der Waals surface area contributed by atoms with E-state index in [-0.39, 0.29) is 17.0 Å². The molecule has 0 aliphatic rings. The summed E-state index contributed by atoms with van der Waals surface area (Å²) in [6, 6.07) is 21.2. The Bertz CT molecular complexity index is 1340. The monoisotopic (exact) mass is 449 g/mol. The normalized spacial score (nSPS) is 11.2. The van der Waals surface area contributed by atoms with Gasteiger partial charge in [0.25, 0.3) is 5.91 Å². The lowest BCUT2D eigenvalue weighted by Crippen LogP contribution is -2.13. The number of phenols is 1. The minimum atomic E-state index is -0.449. The number of hydrogen-bond acceptors (Lipinski definition) is 4. The number of para-hydroxylation sites is 1. The van der Waals surface area contributed by atoms with Crippen LogP contribution in [0.15, 0.2) is 83.0 Å². The van der Waals surface area contributed by atoms with Crippen molar-refractivity contribution in [3.8, 4) is 5.75 Å². The molecule has 2 N–H and O–H groups in total. The summed E-state index contributed by atoms with van der Waals surface area (Å²) in [5, 5.41) is 24.4. The predicted molar refractivity (Wildman–Crippen MR) is 125 cm³/mol. The number of aromatic hydroxyl groups is 1. The Kier molecular flexibility index (Phi) is 5.89. The zero-order valence-corrected chi connectivity index (χ0v) is 17.9. The highest BCUT2D eigenvalue weighted by atomic mass is 35.5. The van der Waals surface area contributed by atoms with E-state index in [4.69, 9.17) is 23.2 Å². The van der Waals surface area contributed by atoms with Gasteiger partial charge in [0.15, 0.2) is 5.75 Å². The maximum absolute atomic E-state index is 13.0. The van der Waals surface area contributed by atoms with Crippen molar-refractivity contribution in [2.45, 2.75) is 6.92 Å². The van der Waals surface area contributed by atoms with Gasteiger partial charge in [-0.1, -0.05) is 65.7 Å². The lowest BCUT2D eigenvalue weighted by atomic mass is 10.0. The van der Waals surface area contributed by atoms with Crippen molar-refractivity contribution in [1.82, 2.24) is 0 Å². The van der Waals surface area contributed by atoms with Gasteiger partial charge in [-0.25, -0.2) is 0 Å². The Morgan fingerprint density at radius 1 is 0.935 bits per heavy atom. The molecule has 0 atom stereocenters. The number of fused-ring (bicyclic) bond motifs is 1. The van der Waals surface area contributed by atoms with E-state index in [0.717, 1.165) is 10.9 Å². The molecule has 0 radical (unpaired) electrons. The molecule has 0 saturated heterocycles. The number of carbonyl (C=O) groups excluding carboxylic acids is 1. The van der Waals surface area contributed by atoms with Gasteiger partial charge in [-0.05, 0) is 48.2 Å². The summed E-state index contributed by atoms with van der Waals surface area (Å²) in [7, 11) is 0. The molecule has 0 spiro atoms. The number of carbonyl (C=O) groups is 1. The van der Waals surface area contributed by atoms with Gasteiger partial charge in [0.1, 0.15) is 11.4 Å². The van der Waals surface area contributed by atoms with Gasteiger partial charge in [0.05, 0.1) is 10.6 Å². The largest absolute Gasteiger partial charge is 0.505 e. The Morgan fingerprint density at radius 3 is 2.48 bits per heavy atom.